The van der Waals surface area contributed by atoms with E-state index in [0.29, 0.717) is 17.6 Å². The first-order valence-electron chi connectivity index (χ1n) is 5.41. The van der Waals surface area contributed by atoms with Gasteiger partial charge in [-0.2, -0.15) is 0 Å². The molecule has 100 valence electrons. The highest BCUT2D eigenvalue weighted by Crippen LogP contribution is 2.15. The lowest BCUT2D eigenvalue weighted by atomic mass is 10.2. The number of nitrogens with one attached hydrogen (secondary N) is 1. The minimum atomic E-state index is -0.533. The predicted octanol–water partition coefficient (Wildman–Crippen LogP) is 3.12. The van der Waals surface area contributed by atoms with Crippen LogP contribution >= 0.6 is 31.9 Å². The molecule has 1 amide bonds. The molecule has 0 heterocycles. The molecule has 18 heavy (non-hydrogen) atoms. The van der Waals surface area contributed by atoms with Crippen LogP contribution in [0.25, 0.3) is 0 Å². The smallest absolute Gasteiger partial charge is 0.254 e. The molecule has 0 aromatic heterocycles. The third-order valence-electron chi connectivity index (χ3n) is 2.27. The van der Waals surface area contributed by atoms with Crippen molar-refractivity contribution in [3.05, 3.63) is 34.1 Å². The number of carbonyl (C=O) groups is 1. The summed E-state index contributed by atoms with van der Waals surface area (Å²) in [6, 6.07) is 4.36. The van der Waals surface area contributed by atoms with E-state index in [4.69, 9.17) is 4.74 Å². The maximum atomic E-state index is 13.5. The molecule has 1 unspecified atom stereocenters. The fraction of sp³-hybridized carbons (Fsp3) is 0.417. The van der Waals surface area contributed by atoms with Crippen LogP contribution in [0.5, 0.6) is 0 Å². The molecule has 6 heteroatoms. The van der Waals surface area contributed by atoms with Crippen LogP contribution in [-0.2, 0) is 4.74 Å². The summed E-state index contributed by atoms with van der Waals surface area (Å²) >= 11 is 6.55. The minimum absolute atomic E-state index is 0.0519. The van der Waals surface area contributed by atoms with E-state index in [0.717, 1.165) is 6.42 Å². The fourth-order valence-corrected chi connectivity index (χ4v) is 2.20. The molecule has 1 rings (SSSR count). The Morgan fingerprint density at radius 2 is 2.28 bits per heavy atom. The number of ether oxygens (including phenoxy) is 1. The molecular formula is C12H14Br2FNO2. The third-order valence-corrected chi connectivity index (χ3v) is 3.48. The summed E-state index contributed by atoms with van der Waals surface area (Å²) in [6.45, 7) is 1.04. The Morgan fingerprint density at radius 1 is 1.56 bits per heavy atom. The lowest BCUT2D eigenvalue weighted by Gasteiger charge is -2.10. The van der Waals surface area contributed by atoms with Crippen molar-refractivity contribution in [2.75, 3.05) is 20.3 Å². The molecule has 3 nitrogen and oxygen atoms in total. The molecule has 0 aliphatic rings. The number of amides is 1. The maximum absolute atomic E-state index is 13.5. The molecule has 0 radical (unpaired) electrons. The van der Waals surface area contributed by atoms with Crippen molar-refractivity contribution in [1.82, 2.24) is 5.32 Å². The Kier molecular flexibility index (Phi) is 6.81. The lowest BCUT2D eigenvalue weighted by molar-refractivity contribution is 0.0948. The average Bonchev–Trinajstić information content (AvgIpc) is 2.29. The third kappa shape index (κ3) is 5.04. The maximum Gasteiger partial charge on any atom is 0.254 e. The quantitative estimate of drug-likeness (QED) is 0.767. The van der Waals surface area contributed by atoms with Gasteiger partial charge >= 0.3 is 0 Å². The van der Waals surface area contributed by atoms with Crippen LogP contribution in [0.2, 0.25) is 0 Å². The van der Waals surface area contributed by atoms with E-state index < -0.39 is 11.7 Å². The van der Waals surface area contributed by atoms with Crippen molar-refractivity contribution >= 4 is 37.8 Å². The number of carbonyl (C=O) groups excluding carboxylic acids is 1. The highest BCUT2D eigenvalue weighted by Gasteiger charge is 2.12. The number of alkyl halides is 1. The number of hydrogen-bond donors (Lipinski definition) is 1. The highest BCUT2D eigenvalue weighted by molar-refractivity contribution is 9.10. The number of rotatable bonds is 6. The number of halogens is 3. The van der Waals surface area contributed by atoms with E-state index in [-0.39, 0.29) is 10.4 Å². The monoisotopic (exact) mass is 381 g/mol. The Labute approximate surface area is 122 Å². The second kappa shape index (κ2) is 7.86. The lowest BCUT2D eigenvalue weighted by Crippen LogP contribution is -2.27. The van der Waals surface area contributed by atoms with Crippen molar-refractivity contribution in [3.63, 3.8) is 0 Å². The van der Waals surface area contributed by atoms with Crippen molar-refractivity contribution in [3.8, 4) is 0 Å². The minimum Gasteiger partial charge on any atom is -0.384 e. The molecular weight excluding hydrogens is 369 g/mol. The van der Waals surface area contributed by atoms with Gasteiger partial charge in [-0.05, 0) is 24.6 Å². The van der Waals surface area contributed by atoms with Gasteiger partial charge in [0.1, 0.15) is 5.82 Å². The van der Waals surface area contributed by atoms with Crippen LogP contribution in [0.1, 0.15) is 16.8 Å². The molecule has 0 saturated carbocycles. The van der Waals surface area contributed by atoms with Gasteiger partial charge in [-0.25, -0.2) is 4.39 Å². The molecule has 0 spiro atoms. The molecule has 1 atom stereocenters. The highest BCUT2D eigenvalue weighted by atomic mass is 79.9. The standard InChI is InChI=1S/C12H14Br2FNO2/c1-18-7-9(14)4-5-16-12(17)10-3-2-8(13)6-11(10)15/h2-3,6,9H,4-5,7H2,1H3,(H,16,17). The van der Waals surface area contributed by atoms with Gasteiger partial charge < -0.3 is 10.1 Å². The number of methoxy groups -OCH3 is 1. The molecule has 1 aromatic rings. The predicted molar refractivity (Wildman–Crippen MR) is 75.6 cm³/mol. The van der Waals surface area contributed by atoms with Crippen LogP contribution in [0.15, 0.2) is 22.7 Å². The first-order chi connectivity index (χ1) is 8.54. The second-order valence-corrected chi connectivity index (χ2v) is 5.93. The van der Waals surface area contributed by atoms with Crippen LogP contribution in [0, 0.1) is 5.82 Å². The van der Waals surface area contributed by atoms with E-state index in [9.17, 15) is 9.18 Å². The molecule has 0 aliphatic carbocycles. The van der Waals surface area contributed by atoms with Gasteiger partial charge in [0.2, 0.25) is 0 Å². The molecule has 0 bridgehead atoms. The molecule has 0 fully saturated rings. The van der Waals surface area contributed by atoms with Crippen LogP contribution in [0.4, 0.5) is 4.39 Å². The van der Waals surface area contributed by atoms with Gasteiger partial charge in [-0.15, -0.1) is 0 Å². The Hall–Kier alpha value is -0.460. The van der Waals surface area contributed by atoms with Gasteiger partial charge in [0.15, 0.2) is 0 Å². The van der Waals surface area contributed by atoms with Crippen molar-refractivity contribution in [1.29, 1.82) is 0 Å². The summed E-state index contributed by atoms with van der Waals surface area (Å²) in [7, 11) is 1.62. The second-order valence-electron chi connectivity index (χ2n) is 3.72. The number of hydrogen-bond acceptors (Lipinski definition) is 2. The topological polar surface area (TPSA) is 38.3 Å². The van der Waals surface area contributed by atoms with Gasteiger partial charge in [0.05, 0.1) is 12.2 Å². The van der Waals surface area contributed by atoms with Gasteiger partial charge in [-0.3, -0.25) is 4.79 Å². The van der Waals surface area contributed by atoms with E-state index in [2.05, 4.69) is 37.2 Å². The van der Waals surface area contributed by atoms with Crippen molar-refractivity contribution in [2.45, 2.75) is 11.2 Å². The SMILES string of the molecule is COCC(Br)CCNC(=O)c1ccc(Br)cc1F. The Balaban J connectivity index is 2.45. The number of benzene rings is 1. The summed E-state index contributed by atoms with van der Waals surface area (Å²) in [5, 5.41) is 2.67. The van der Waals surface area contributed by atoms with Gasteiger partial charge in [0.25, 0.3) is 5.91 Å². The molecule has 0 aliphatic heterocycles. The molecule has 1 aromatic carbocycles. The molecule has 1 N–H and O–H groups in total. The zero-order valence-electron chi connectivity index (χ0n) is 9.88. The zero-order valence-corrected chi connectivity index (χ0v) is 13.1. The summed E-state index contributed by atoms with van der Waals surface area (Å²) < 4.78 is 19.0. The summed E-state index contributed by atoms with van der Waals surface area (Å²) in [6.07, 6.45) is 0.720. The normalized spacial score (nSPS) is 12.2. The van der Waals surface area contributed by atoms with E-state index in [1.54, 1.807) is 13.2 Å². The molecule has 0 saturated heterocycles. The fourth-order valence-electron chi connectivity index (χ4n) is 1.38. The summed E-state index contributed by atoms with van der Waals surface area (Å²) in [5.74, 6) is -0.939. The first kappa shape index (κ1) is 15.6. The summed E-state index contributed by atoms with van der Waals surface area (Å²) in [4.78, 5) is 11.9. The zero-order chi connectivity index (χ0) is 13.5. The Morgan fingerprint density at radius 3 is 2.89 bits per heavy atom. The van der Waals surface area contributed by atoms with E-state index >= 15 is 0 Å². The van der Waals surface area contributed by atoms with Crippen LogP contribution in [-0.4, -0.2) is 31.0 Å². The average molecular weight is 383 g/mol. The van der Waals surface area contributed by atoms with Crippen molar-refractivity contribution < 1.29 is 13.9 Å². The van der Waals surface area contributed by atoms with Crippen LogP contribution in [0.3, 0.4) is 0 Å². The van der Waals surface area contributed by atoms with Crippen LogP contribution < -0.4 is 5.32 Å². The Bertz CT molecular complexity index is 415. The van der Waals surface area contributed by atoms with Gasteiger partial charge in [0, 0.05) is 23.0 Å². The summed E-state index contributed by atoms with van der Waals surface area (Å²) in [5.41, 5.74) is 0.0519. The van der Waals surface area contributed by atoms with Crippen molar-refractivity contribution in [2.24, 2.45) is 0 Å². The van der Waals surface area contributed by atoms with Gasteiger partial charge in [-0.1, -0.05) is 31.9 Å². The first-order valence-corrected chi connectivity index (χ1v) is 7.11. The van der Waals surface area contributed by atoms with E-state index in [1.807, 2.05) is 0 Å². The largest absolute Gasteiger partial charge is 0.384 e. The van der Waals surface area contributed by atoms with E-state index in [1.165, 1.54) is 12.1 Å².